The highest BCUT2D eigenvalue weighted by Gasteiger charge is 2.14. The summed E-state index contributed by atoms with van der Waals surface area (Å²) in [6.45, 7) is 0.278. The van der Waals surface area contributed by atoms with Gasteiger partial charge in [-0.05, 0) is 0 Å². The van der Waals surface area contributed by atoms with Crippen LogP contribution in [0.4, 0.5) is 5.69 Å². The van der Waals surface area contributed by atoms with Crippen LogP contribution in [-0.2, 0) is 6.54 Å². The number of nitrogens with one attached hydrogen (secondary N) is 2. The molecule has 0 saturated carbocycles. The van der Waals surface area contributed by atoms with Crippen molar-refractivity contribution in [2.45, 2.75) is 6.54 Å². The third-order valence-electron chi connectivity index (χ3n) is 3.02. The van der Waals surface area contributed by atoms with Gasteiger partial charge in [-0.2, -0.15) is 0 Å². The number of aromatic nitrogens is 4. The molecule has 3 aromatic rings. The van der Waals surface area contributed by atoms with E-state index in [1.54, 1.807) is 23.3 Å². The summed E-state index contributed by atoms with van der Waals surface area (Å²) in [5.74, 6) is 0. The molecule has 0 radical (unpaired) electrons. The van der Waals surface area contributed by atoms with Gasteiger partial charge in [0.25, 0.3) is 5.69 Å². The topological polar surface area (TPSA) is 127 Å². The standard InChI is InChI=1S/C12H9N5O4/c18-11-12(19)15-10-7(5-16-2-1-13-6-16)3-8(17(20)21)4-9(10)14-11/h1-4,6H,5H2,(H,14,18)(H,15,19). The third kappa shape index (κ3) is 2.31. The zero-order valence-electron chi connectivity index (χ0n) is 10.6. The molecule has 2 N–H and O–H groups in total. The second-order valence-corrected chi connectivity index (χ2v) is 4.43. The predicted octanol–water partition coefficient (Wildman–Crippen LogP) is 0.369. The number of hydrogen-bond donors (Lipinski definition) is 2. The molecule has 3 rings (SSSR count). The maximum Gasteiger partial charge on any atom is 0.314 e. The fourth-order valence-electron chi connectivity index (χ4n) is 2.09. The van der Waals surface area contributed by atoms with Crippen molar-refractivity contribution in [3.63, 3.8) is 0 Å². The molecule has 0 saturated heterocycles. The summed E-state index contributed by atoms with van der Waals surface area (Å²) in [6.07, 6.45) is 4.81. The Labute approximate surface area is 116 Å². The van der Waals surface area contributed by atoms with Crippen LogP contribution in [0, 0.1) is 10.1 Å². The fourth-order valence-corrected chi connectivity index (χ4v) is 2.09. The van der Waals surface area contributed by atoms with Gasteiger partial charge in [-0.1, -0.05) is 0 Å². The van der Waals surface area contributed by atoms with E-state index >= 15 is 0 Å². The van der Waals surface area contributed by atoms with Crippen LogP contribution in [0.5, 0.6) is 0 Å². The zero-order chi connectivity index (χ0) is 15.0. The number of fused-ring (bicyclic) bond motifs is 1. The lowest BCUT2D eigenvalue weighted by molar-refractivity contribution is -0.384. The molecule has 0 aliphatic heterocycles. The van der Waals surface area contributed by atoms with Gasteiger partial charge in [-0.3, -0.25) is 19.7 Å². The Morgan fingerprint density at radius 2 is 2.00 bits per heavy atom. The van der Waals surface area contributed by atoms with Crippen LogP contribution in [-0.4, -0.2) is 24.4 Å². The summed E-state index contributed by atoms with van der Waals surface area (Å²) in [4.78, 5) is 41.9. The first kappa shape index (κ1) is 12.8. The Morgan fingerprint density at radius 3 is 2.67 bits per heavy atom. The molecule has 0 spiro atoms. The molecule has 2 aromatic heterocycles. The van der Waals surface area contributed by atoms with Crippen molar-refractivity contribution in [1.82, 2.24) is 19.5 Å². The molecule has 0 aliphatic carbocycles. The second-order valence-electron chi connectivity index (χ2n) is 4.43. The molecule has 9 nitrogen and oxygen atoms in total. The zero-order valence-corrected chi connectivity index (χ0v) is 10.6. The van der Waals surface area contributed by atoms with E-state index in [-0.39, 0.29) is 17.7 Å². The van der Waals surface area contributed by atoms with Crippen LogP contribution in [0.1, 0.15) is 5.56 Å². The second kappa shape index (κ2) is 4.71. The first-order valence-corrected chi connectivity index (χ1v) is 5.94. The van der Waals surface area contributed by atoms with E-state index in [2.05, 4.69) is 15.0 Å². The summed E-state index contributed by atoms with van der Waals surface area (Å²) in [6, 6.07) is 2.57. The highest BCUT2D eigenvalue weighted by atomic mass is 16.6. The van der Waals surface area contributed by atoms with Crippen molar-refractivity contribution in [3.05, 3.63) is 67.2 Å². The predicted molar refractivity (Wildman–Crippen MR) is 73.2 cm³/mol. The number of aromatic amines is 2. The molecule has 0 amide bonds. The third-order valence-corrected chi connectivity index (χ3v) is 3.02. The van der Waals surface area contributed by atoms with Gasteiger partial charge in [-0.25, -0.2) is 4.98 Å². The minimum Gasteiger partial charge on any atom is -0.333 e. The van der Waals surface area contributed by atoms with Crippen molar-refractivity contribution >= 4 is 16.7 Å². The molecule has 0 unspecified atom stereocenters. The maximum absolute atomic E-state index is 11.5. The number of nitro groups is 1. The highest BCUT2D eigenvalue weighted by molar-refractivity contribution is 5.80. The number of benzene rings is 1. The number of nitro benzene ring substituents is 1. The molecule has 1 aromatic carbocycles. The van der Waals surface area contributed by atoms with Gasteiger partial charge < -0.3 is 14.5 Å². The van der Waals surface area contributed by atoms with Crippen LogP contribution in [0.3, 0.4) is 0 Å². The van der Waals surface area contributed by atoms with Gasteiger partial charge in [0.15, 0.2) is 0 Å². The highest BCUT2D eigenvalue weighted by Crippen LogP contribution is 2.22. The van der Waals surface area contributed by atoms with E-state index < -0.39 is 16.0 Å². The van der Waals surface area contributed by atoms with Gasteiger partial charge in [0.05, 0.1) is 28.8 Å². The van der Waals surface area contributed by atoms with Crippen molar-refractivity contribution in [2.24, 2.45) is 0 Å². The first-order valence-electron chi connectivity index (χ1n) is 5.94. The summed E-state index contributed by atoms with van der Waals surface area (Å²) >= 11 is 0. The van der Waals surface area contributed by atoms with Crippen molar-refractivity contribution in [3.8, 4) is 0 Å². The Hall–Kier alpha value is -3.23. The summed E-state index contributed by atoms with van der Waals surface area (Å²) in [5.41, 5.74) is -0.742. The summed E-state index contributed by atoms with van der Waals surface area (Å²) in [7, 11) is 0. The summed E-state index contributed by atoms with van der Waals surface area (Å²) < 4.78 is 1.70. The lowest BCUT2D eigenvalue weighted by Crippen LogP contribution is -2.29. The number of nitrogens with zero attached hydrogens (tertiary/aromatic N) is 3. The first-order chi connectivity index (χ1) is 10.0. The van der Waals surface area contributed by atoms with Gasteiger partial charge >= 0.3 is 11.1 Å². The minimum absolute atomic E-state index is 0.166. The molecule has 106 valence electrons. The van der Waals surface area contributed by atoms with E-state index in [1.165, 1.54) is 12.1 Å². The number of H-pyrrole nitrogens is 2. The lowest BCUT2D eigenvalue weighted by Gasteiger charge is -2.07. The normalized spacial score (nSPS) is 10.9. The van der Waals surface area contributed by atoms with Gasteiger partial charge in [-0.15, -0.1) is 0 Å². The molecular weight excluding hydrogens is 278 g/mol. The van der Waals surface area contributed by atoms with E-state index in [4.69, 9.17) is 0 Å². The van der Waals surface area contributed by atoms with Crippen molar-refractivity contribution in [2.75, 3.05) is 0 Å². The SMILES string of the molecule is O=c1[nH]c2cc([N+](=O)[O-])cc(Cn3ccnc3)c2[nH]c1=O. The van der Waals surface area contributed by atoms with Crippen LogP contribution >= 0.6 is 0 Å². The Kier molecular flexibility index (Phi) is 2.87. The van der Waals surface area contributed by atoms with Crippen LogP contribution in [0.15, 0.2) is 40.4 Å². The van der Waals surface area contributed by atoms with Gasteiger partial charge in [0.1, 0.15) is 0 Å². The van der Waals surface area contributed by atoms with Gasteiger partial charge in [0, 0.05) is 30.1 Å². The molecule has 21 heavy (non-hydrogen) atoms. The number of rotatable bonds is 3. The van der Waals surface area contributed by atoms with E-state index in [0.29, 0.717) is 11.1 Å². The van der Waals surface area contributed by atoms with E-state index in [0.717, 1.165) is 0 Å². The fraction of sp³-hybridized carbons (Fsp3) is 0.0833. The quantitative estimate of drug-likeness (QED) is 0.408. The summed E-state index contributed by atoms with van der Waals surface area (Å²) in [5, 5.41) is 11.0. The number of non-ortho nitro benzene ring substituents is 1. The molecular formula is C12H9N5O4. The lowest BCUT2D eigenvalue weighted by atomic mass is 10.1. The van der Waals surface area contributed by atoms with E-state index in [1.807, 2.05) is 0 Å². The molecule has 9 heteroatoms. The Bertz CT molecular complexity index is 938. The average Bonchev–Trinajstić information content (AvgIpc) is 2.93. The number of hydrogen-bond acceptors (Lipinski definition) is 5. The Morgan fingerprint density at radius 1 is 1.24 bits per heavy atom. The molecule has 2 heterocycles. The molecule has 0 atom stereocenters. The van der Waals surface area contributed by atoms with Crippen LogP contribution < -0.4 is 11.1 Å². The number of imidazole rings is 1. The van der Waals surface area contributed by atoms with Crippen molar-refractivity contribution in [1.29, 1.82) is 0 Å². The molecule has 0 fully saturated rings. The average molecular weight is 287 g/mol. The minimum atomic E-state index is -0.850. The van der Waals surface area contributed by atoms with Gasteiger partial charge in [0.2, 0.25) is 0 Å². The monoisotopic (exact) mass is 287 g/mol. The van der Waals surface area contributed by atoms with Crippen LogP contribution in [0.2, 0.25) is 0 Å². The molecule has 0 bridgehead atoms. The largest absolute Gasteiger partial charge is 0.333 e. The molecule has 0 aliphatic rings. The smallest absolute Gasteiger partial charge is 0.314 e. The maximum atomic E-state index is 11.5. The van der Waals surface area contributed by atoms with E-state index in [9.17, 15) is 19.7 Å². The van der Waals surface area contributed by atoms with Crippen molar-refractivity contribution < 1.29 is 4.92 Å². The Balaban J connectivity index is 2.28. The van der Waals surface area contributed by atoms with Crippen LogP contribution in [0.25, 0.3) is 11.0 Å².